The third-order valence-corrected chi connectivity index (χ3v) is 3.17. The Labute approximate surface area is 100 Å². The van der Waals surface area contributed by atoms with Crippen molar-refractivity contribution in [2.45, 2.75) is 25.4 Å². The molecule has 0 bridgehead atoms. The summed E-state index contributed by atoms with van der Waals surface area (Å²) in [5.41, 5.74) is 0. The van der Waals surface area contributed by atoms with Gasteiger partial charge in [-0.05, 0) is 24.3 Å². The van der Waals surface area contributed by atoms with Crippen LogP contribution in [-0.4, -0.2) is 18.5 Å². The van der Waals surface area contributed by atoms with Crippen molar-refractivity contribution in [3.8, 4) is 0 Å². The molecular weight excluding hydrogens is 218 g/mol. The van der Waals surface area contributed by atoms with Crippen LogP contribution in [0.15, 0.2) is 35.2 Å². The molecule has 1 aliphatic rings. The number of rotatable bonds is 5. The van der Waals surface area contributed by atoms with E-state index in [2.05, 4.69) is 39.7 Å². The van der Waals surface area contributed by atoms with Gasteiger partial charge in [0.1, 0.15) is 0 Å². The quantitative estimate of drug-likeness (QED) is 0.466. The summed E-state index contributed by atoms with van der Waals surface area (Å²) in [7, 11) is 0. The Kier molecular flexibility index (Phi) is 3.99. The molecule has 1 fully saturated rings. The van der Waals surface area contributed by atoms with Crippen molar-refractivity contribution in [3.63, 3.8) is 0 Å². The summed E-state index contributed by atoms with van der Waals surface area (Å²) in [5.74, 6) is 0.899. The summed E-state index contributed by atoms with van der Waals surface area (Å²) in [6.45, 7) is 5.19. The summed E-state index contributed by atoms with van der Waals surface area (Å²) in [6.07, 6.45) is 4.36. The van der Waals surface area contributed by atoms with E-state index < -0.39 is 0 Å². The van der Waals surface area contributed by atoms with Crippen LogP contribution in [0.4, 0.5) is 0 Å². The molecule has 3 nitrogen and oxygen atoms in total. The van der Waals surface area contributed by atoms with Gasteiger partial charge in [-0.2, -0.15) is 0 Å². The molecule has 0 aromatic carbocycles. The molecule has 1 heterocycles. The van der Waals surface area contributed by atoms with Crippen LogP contribution >= 0.6 is 11.3 Å². The first-order valence-corrected chi connectivity index (χ1v) is 6.44. The molecule has 0 radical (unpaired) electrons. The molecule has 0 unspecified atom stereocenters. The maximum Gasteiger partial charge on any atom is 0.192 e. The van der Waals surface area contributed by atoms with Crippen LogP contribution in [0, 0.1) is 0 Å². The van der Waals surface area contributed by atoms with Gasteiger partial charge in [0.05, 0.1) is 6.54 Å². The Bertz CT molecular complexity index is 352. The molecule has 1 aliphatic carbocycles. The number of aliphatic imine (C=N–C) groups is 1. The number of nitrogens with one attached hydrogen (secondary N) is 2. The molecule has 0 spiro atoms. The normalized spacial score (nSPS) is 15.9. The molecule has 0 atom stereocenters. The molecular formula is C12H17N3S. The predicted molar refractivity (Wildman–Crippen MR) is 69.8 cm³/mol. The predicted octanol–water partition coefficient (Wildman–Crippen LogP) is 2.13. The highest BCUT2D eigenvalue weighted by atomic mass is 32.1. The van der Waals surface area contributed by atoms with E-state index in [0.29, 0.717) is 6.04 Å². The van der Waals surface area contributed by atoms with Crippen LogP contribution < -0.4 is 10.6 Å². The Morgan fingerprint density at radius 2 is 2.50 bits per heavy atom. The fraction of sp³-hybridized carbons (Fsp3) is 0.417. The van der Waals surface area contributed by atoms with Crippen LogP contribution in [0.1, 0.15) is 17.7 Å². The lowest BCUT2D eigenvalue weighted by molar-refractivity contribution is 0.829. The van der Waals surface area contributed by atoms with E-state index in [1.807, 2.05) is 6.08 Å². The smallest absolute Gasteiger partial charge is 0.192 e. The molecule has 2 N–H and O–H groups in total. The molecule has 1 aromatic heterocycles. The third-order valence-electron chi connectivity index (χ3n) is 2.31. The van der Waals surface area contributed by atoms with Crippen molar-refractivity contribution < 1.29 is 0 Å². The third kappa shape index (κ3) is 3.70. The maximum atomic E-state index is 4.54. The Morgan fingerprint density at radius 1 is 1.62 bits per heavy atom. The standard InChI is InChI=1S/C12H17N3S/c1-2-7-13-12(15-10-5-6-10)14-9-11-4-3-8-16-11/h2-4,8,10H,1,5-7,9H2,(H2,13,14,15). The molecule has 16 heavy (non-hydrogen) atoms. The summed E-state index contributed by atoms with van der Waals surface area (Å²) >= 11 is 1.74. The lowest BCUT2D eigenvalue weighted by Crippen LogP contribution is -2.38. The average molecular weight is 235 g/mol. The minimum absolute atomic E-state index is 0.624. The van der Waals surface area contributed by atoms with Crippen LogP contribution in [0.25, 0.3) is 0 Å². The van der Waals surface area contributed by atoms with E-state index >= 15 is 0 Å². The van der Waals surface area contributed by atoms with E-state index in [4.69, 9.17) is 0 Å². The van der Waals surface area contributed by atoms with Gasteiger partial charge in [0, 0.05) is 17.5 Å². The molecule has 0 amide bonds. The van der Waals surface area contributed by atoms with E-state index in [9.17, 15) is 0 Å². The SMILES string of the molecule is C=CCNC(=NCc1cccs1)NC1CC1. The average Bonchev–Trinajstić information content (AvgIpc) is 2.95. The summed E-state index contributed by atoms with van der Waals surface area (Å²) in [5, 5.41) is 8.69. The van der Waals surface area contributed by atoms with E-state index in [-0.39, 0.29) is 0 Å². The van der Waals surface area contributed by atoms with Crippen molar-refractivity contribution in [2.75, 3.05) is 6.54 Å². The van der Waals surface area contributed by atoms with Crippen molar-refractivity contribution in [1.82, 2.24) is 10.6 Å². The van der Waals surface area contributed by atoms with E-state index in [1.54, 1.807) is 11.3 Å². The lowest BCUT2D eigenvalue weighted by Gasteiger charge is -2.09. The first kappa shape index (κ1) is 11.2. The van der Waals surface area contributed by atoms with Crippen LogP contribution in [0.3, 0.4) is 0 Å². The van der Waals surface area contributed by atoms with Gasteiger partial charge in [-0.15, -0.1) is 17.9 Å². The van der Waals surface area contributed by atoms with E-state index in [1.165, 1.54) is 17.7 Å². The van der Waals surface area contributed by atoms with Crippen LogP contribution in [0.2, 0.25) is 0 Å². The van der Waals surface area contributed by atoms with Gasteiger partial charge in [0.2, 0.25) is 0 Å². The van der Waals surface area contributed by atoms with Gasteiger partial charge in [-0.25, -0.2) is 4.99 Å². The van der Waals surface area contributed by atoms with Gasteiger partial charge in [0.15, 0.2) is 5.96 Å². The van der Waals surface area contributed by atoms with E-state index in [0.717, 1.165) is 19.0 Å². The first-order chi connectivity index (χ1) is 7.88. The monoisotopic (exact) mass is 235 g/mol. The number of nitrogens with zero attached hydrogens (tertiary/aromatic N) is 1. The zero-order valence-electron chi connectivity index (χ0n) is 9.28. The highest BCUT2D eigenvalue weighted by Gasteiger charge is 2.21. The van der Waals surface area contributed by atoms with Crippen molar-refractivity contribution in [2.24, 2.45) is 4.99 Å². The fourth-order valence-electron chi connectivity index (χ4n) is 1.30. The molecule has 0 saturated heterocycles. The van der Waals surface area contributed by atoms with Gasteiger partial charge in [0.25, 0.3) is 0 Å². The molecule has 0 aliphatic heterocycles. The minimum Gasteiger partial charge on any atom is -0.354 e. The summed E-state index contributed by atoms with van der Waals surface area (Å²) < 4.78 is 0. The van der Waals surface area contributed by atoms with Crippen LogP contribution in [-0.2, 0) is 6.54 Å². The molecule has 2 rings (SSSR count). The van der Waals surface area contributed by atoms with Gasteiger partial charge in [-0.3, -0.25) is 0 Å². The Morgan fingerprint density at radius 3 is 3.12 bits per heavy atom. The van der Waals surface area contributed by atoms with Gasteiger partial charge in [-0.1, -0.05) is 12.1 Å². The minimum atomic E-state index is 0.624. The second-order valence-electron chi connectivity index (χ2n) is 3.83. The van der Waals surface area contributed by atoms with Gasteiger partial charge < -0.3 is 10.6 Å². The molecule has 4 heteroatoms. The zero-order valence-corrected chi connectivity index (χ0v) is 10.1. The summed E-state index contributed by atoms with van der Waals surface area (Å²) in [4.78, 5) is 5.83. The Hall–Kier alpha value is -1.29. The molecule has 1 saturated carbocycles. The maximum absolute atomic E-state index is 4.54. The largest absolute Gasteiger partial charge is 0.354 e. The number of hydrogen-bond acceptors (Lipinski definition) is 2. The highest BCUT2D eigenvalue weighted by Crippen LogP contribution is 2.18. The Balaban J connectivity index is 1.87. The van der Waals surface area contributed by atoms with Crippen molar-refractivity contribution in [1.29, 1.82) is 0 Å². The topological polar surface area (TPSA) is 36.4 Å². The first-order valence-electron chi connectivity index (χ1n) is 5.56. The second kappa shape index (κ2) is 5.70. The number of thiophene rings is 1. The zero-order chi connectivity index (χ0) is 11.2. The number of guanidine groups is 1. The second-order valence-corrected chi connectivity index (χ2v) is 4.86. The van der Waals surface area contributed by atoms with Crippen molar-refractivity contribution in [3.05, 3.63) is 35.0 Å². The van der Waals surface area contributed by atoms with Crippen molar-refractivity contribution >= 4 is 17.3 Å². The highest BCUT2D eigenvalue weighted by molar-refractivity contribution is 7.09. The lowest BCUT2D eigenvalue weighted by atomic mass is 10.5. The molecule has 86 valence electrons. The fourth-order valence-corrected chi connectivity index (χ4v) is 1.93. The molecule has 1 aromatic rings. The van der Waals surface area contributed by atoms with Crippen LogP contribution in [0.5, 0.6) is 0 Å². The number of hydrogen-bond donors (Lipinski definition) is 2. The van der Waals surface area contributed by atoms with Gasteiger partial charge >= 0.3 is 0 Å². The summed E-state index contributed by atoms with van der Waals surface area (Å²) in [6, 6.07) is 4.79.